The second-order valence-electron chi connectivity index (χ2n) is 6.52. The summed E-state index contributed by atoms with van der Waals surface area (Å²) in [5.41, 5.74) is 4.84. The number of nitrogens with zero attached hydrogens (tertiary/aromatic N) is 4. The van der Waals surface area contributed by atoms with Crippen molar-refractivity contribution in [1.29, 1.82) is 0 Å². The van der Waals surface area contributed by atoms with E-state index in [1.54, 1.807) is 0 Å². The third kappa shape index (κ3) is 3.39. The highest BCUT2D eigenvalue weighted by Crippen LogP contribution is 2.30. The molecule has 4 heterocycles. The molecule has 0 atom stereocenters. The van der Waals surface area contributed by atoms with Crippen LogP contribution in [0.25, 0.3) is 0 Å². The van der Waals surface area contributed by atoms with Gasteiger partial charge in [-0.2, -0.15) is 0 Å². The minimum atomic E-state index is 0.369. The molecule has 0 aromatic carbocycles. The molecule has 0 saturated carbocycles. The molecule has 4 rings (SSSR count). The summed E-state index contributed by atoms with van der Waals surface area (Å²) >= 11 is 0. The van der Waals surface area contributed by atoms with Crippen molar-refractivity contribution in [1.82, 2.24) is 15.0 Å². The monoisotopic (exact) mass is 353 g/mol. The molecule has 1 fully saturated rings. The lowest BCUT2D eigenvalue weighted by molar-refractivity contribution is 0.0904. The standard InChI is InChI=1S/C19H23N5O2/c1-3-26-16-9-15(21-11-22-16)18-17-13(10-20-18)8-12(2)23-19(17)24-14-4-6-25-7-5-14/h8-9,11,14H,3-7,10H2,1-2H3,(H,23,24). The van der Waals surface area contributed by atoms with Gasteiger partial charge in [0.05, 0.1) is 24.6 Å². The van der Waals surface area contributed by atoms with E-state index in [9.17, 15) is 0 Å². The predicted octanol–water partition coefficient (Wildman–Crippen LogP) is 2.52. The van der Waals surface area contributed by atoms with Crippen LogP contribution in [0.4, 0.5) is 5.82 Å². The van der Waals surface area contributed by atoms with Gasteiger partial charge < -0.3 is 14.8 Å². The van der Waals surface area contributed by atoms with Crippen LogP contribution in [0.3, 0.4) is 0 Å². The molecule has 7 heteroatoms. The minimum Gasteiger partial charge on any atom is -0.478 e. The largest absolute Gasteiger partial charge is 0.478 e. The van der Waals surface area contributed by atoms with E-state index in [1.165, 1.54) is 11.9 Å². The number of aliphatic imine (C=N–C) groups is 1. The summed E-state index contributed by atoms with van der Waals surface area (Å²) in [6, 6.07) is 4.31. The first-order valence-electron chi connectivity index (χ1n) is 9.09. The third-order valence-electron chi connectivity index (χ3n) is 4.61. The Morgan fingerprint density at radius 2 is 2.08 bits per heavy atom. The average molecular weight is 353 g/mol. The Kier molecular flexibility index (Phi) is 4.79. The van der Waals surface area contributed by atoms with Crippen molar-refractivity contribution in [3.8, 4) is 5.88 Å². The maximum absolute atomic E-state index is 5.51. The highest BCUT2D eigenvalue weighted by Gasteiger charge is 2.26. The van der Waals surface area contributed by atoms with E-state index in [-0.39, 0.29) is 0 Å². The van der Waals surface area contributed by atoms with Crippen molar-refractivity contribution in [3.05, 3.63) is 41.0 Å². The molecule has 2 aliphatic heterocycles. The molecule has 1 saturated heterocycles. The van der Waals surface area contributed by atoms with Gasteiger partial charge in [0.1, 0.15) is 12.1 Å². The van der Waals surface area contributed by atoms with E-state index < -0.39 is 0 Å². The molecule has 7 nitrogen and oxygen atoms in total. The fraction of sp³-hybridized carbons (Fsp3) is 0.474. The van der Waals surface area contributed by atoms with Crippen molar-refractivity contribution in [2.75, 3.05) is 25.1 Å². The van der Waals surface area contributed by atoms with E-state index in [0.29, 0.717) is 25.1 Å². The molecule has 1 N–H and O–H groups in total. The van der Waals surface area contributed by atoms with Crippen LogP contribution in [0, 0.1) is 6.92 Å². The van der Waals surface area contributed by atoms with Gasteiger partial charge in [0.15, 0.2) is 0 Å². The van der Waals surface area contributed by atoms with E-state index in [2.05, 4.69) is 21.4 Å². The molecule has 0 spiro atoms. The van der Waals surface area contributed by atoms with E-state index in [4.69, 9.17) is 19.5 Å². The minimum absolute atomic E-state index is 0.369. The summed E-state index contributed by atoms with van der Waals surface area (Å²) in [4.78, 5) is 18.1. The first-order valence-corrected chi connectivity index (χ1v) is 9.09. The second kappa shape index (κ2) is 7.37. The van der Waals surface area contributed by atoms with Crippen molar-refractivity contribution >= 4 is 11.5 Å². The normalized spacial score (nSPS) is 16.9. The Labute approximate surface area is 152 Å². The van der Waals surface area contributed by atoms with Gasteiger partial charge in [-0.25, -0.2) is 15.0 Å². The van der Waals surface area contributed by atoms with E-state index in [0.717, 1.165) is 54.5 Å². The van der Waals surface area contributed by atoms with Crippen LogP contribution in [0.15, 0.2) is 23.5 Å². The number of nitrogens with one attached hydrogen (secondary N) is 1. The van der Waals surface area contributed by atoms with Gasteiger partial charge in [-0.15, -0.1) is 0 Å². The Morgan fingerprint density at radius 1 is 1.23 bits per heavy atom. The van der Waals surface area contributed by atoms with Crippen LogP contribution in [0.2, 0.25) is 0 Å². The fourth-order valence-electron chi connectivity index (χ4n) is 3.42. The zero-order chi connectivity index (χ0) is 17.9. The number of hydrogen-bond donors (Lipinski definition) is 1. The zero-order valence-corrected chi connectivity index (χ0v) is 15.2. The summed E-state index contributed by atoms with van der Waals surface area (Å²) in [7, 11) is 0. The lowest BCUT2D eigenvalue weighted by atomic mass is 10.0. The van der Waals surface area contributed by atoms with Gasteiger partial charge in [-0.05, 0) is 38.3 Å². The fourth-order valence-corrected chi connectivity index (χ4v) is 3.42. The average Bonchev–Trinajstić information content (AvgIpc) is 3.07. The second-order valence-corrected chi connectivity index (χ2v) is 6.52. The van der Waals surface area contributed by atoms with Crippen LogP contribution < -0.4 is 10.1 Å². The quantitative estimate of drug-likeness (QED) is 0.889. The Hall–Kier alpha value is -2.54. The molecule has 0 amide bonds. The molecule has 0 aliphatic carbocycles. The van der Waals surface area contributed by atoms with Gasteiger partial charge >= 0.3 is 0 Å². The van der Waals surface area contributed by atoms with Crippen molar-refractivity contribution in [2.45, 2.75) is 39.3 Å². The van der Waals surface area contributed by atoms with Gasteiger partial charge in [0.2, 0.25) is 5.88 Å². The highest BCUT2D eigenvalue weighted by molar-refractivity contribution is 6.16. The van der Waals surface area contributed by atoms with Crippen LogP contribution in [-0.4, -0.2) is 46.5 Å². The van der Waals surface area contributed by atoms with Crippen molar-refractivity contribution < 1.29 is 9.47 Å². The molecule has 136 valence electrons. The van der Waals surface area contributed by atoms with Crippen LogP contribution >= 0.6 is 0 Å². The number of fused-ring (bicyclic) bond motifs is 1. The van der Waals surface area contributed by atoms with Gasteiger partial charge in [0, 0.05) is 36.6 Å². The Bertz CT molecular complexity index is 831. The Balaban J connectivity index is 1.69. The molecule has 0 bridgehead atoms. The van der Waals surface area contributed by atoms with Crippen molar-refractivity contribution in [3.63, 3.8) is 0 Å². The molecule has 2 aliphatic rings. The lowest BCUT2D eigenvalue weighted by Gasteiger charge is -2.25. The topological polar surface area (TPSA) is 81.5 Å². The number of hydrogen-bond acceptors (Lipinski definition) is 7. The maximum atomic E-state index is 5.51. The molecule has 0 unspecified atom stereocenters. The molecular weight excluding hydrogens is 330 g/mol. The Morgan fingerprint density at radius 3 is 2.88 bits per heavy atom. The smallest absolute Gasteiger partial charge is 0.216 e. The number of rotatable bonds is 5. The summed E-state index contributed by atoms with van der Waals surface area (Å²) < 4.78 is 11.0. The summed E-state index contributed by atoms with van der Waals surface area (Å²) in [6.07, 6.45) is 3.49. The maximum Gasteiger partial charge on any atom is 0.216 e. The van der Waals surface area contributed by atoms with E-state index in [1.807, 2.05) is 19.9 Å². The van der Waals surface area contributed by atoms with Crippen LogP contribution in [0.5, 0.6) is 5.88 Å². The van der Waals surface area contributed by atoms with Crippen LogP contribution in [-0.2, 0) is 11.3 Å². The van der Waals surface area contributed by atoms with Crippen LogP contribution in [0.1, 0.15) is 42.3 Å². The van der Waals surface area contributed by atoms with Gasteiger partial charge in [-0.1, -0.05) is 0 Å². The first kappa shape index (κ1) is 16.9. The van der Waals surface area contributed by atoms with E-state index >= 15 is 0 Å². The van der Waals surface area contributed by atoms with Gasteiger partial charge in [0.25, 0.3) is 0 Å². The molecular formula is C19H23N5O2. The summed E-state index contributed by atoms with van der Waals surface area (Å²) in [6.45, 7) is 6.74. The molecule has 26 heavy (non-hydrogen) atoms. The first-order chi connectivity index (χ1) is 12.7. The number of pyridine rings is 1. The lowest BCUT2D eigenvalue weighted by Crippen LogP contribution is -2.29. The molecule has 2 aromatic rings. The predicted molar refractivity (Wildman–Crippen MR) is 99.0 cm³/mol. The number of aromatic nitrogens is 3. The third-order valence-corrected chi connectivity index (χ3v) is 4.61. The zero-order valence-electron chi connectivity index (χ0n) is 15.2. The molecule has 0 radical (unpaired) electrons. The summed E-state index contributed by atoms with van der Waals surface area (Å²) in [5, 5.41) is 3.61. The number of anilines is 1. The number of ether oxygens (including phenoxy) is 2. The highest BCUT2D eigenvalue weighted by atomic mass is 16.5. The SMILES string of the molecule is CCOc1cc(C2=NCc3cc(C)nc(NC4CCOCC4)c32)ncn1. The summed E-state index contributed by atoms with van der Waals surface area (Å²) in [5.74, 6) is 1.45. The number of aryl methyl sites for hydroxylation is 1. The van der Waals surface area contributed by atoms with Gasteiger partial charge in [-0.3, -0.25) is 4.99 Å². The van der Waals surface area contributed by atoms with Crippen molar-refractivity contribution in [2.24, 2.45) is 4.99 Å². The molecule has 2 aromatic heterocycles.